The third kappa shape index (κ3) is 8.10. The van der Waals surface area contributed by atoms with Crippen LogP contribution in [0.1, 0.15) is 53.4 Å². The summed E-state index contributed by atoms with van der Waals surface area (Å²) in [4.78, 5) is 11.1. The Hall–Kier alpha value is -0.433. The summed E-state index contributed by atoms with van der Waals surface area (Å²) in [5, 5.41) is 0.199. The third-order valence-electron chi connectivity index (χ3n) is 4.97. The molecule has 0 saturated carbocycles. The Morgan fingerprint density at radius 1 is 1.25 bits per heavy atom. The van der Waals surface area contributed by atoms with Gasteiger partial charge in [0, 0.05) is 26.1 Å². The summed E-state index contributed by atoms with van der Waals surface area (Å²) in [5.41, 5.74) is 0. The van der Waals surface area contributed by atoms with Crippen LogP contribution in [0.2, 0.25) is 18.1 Å². The number of rotatable bonds is 9. The Balaban J connectivity index is 2.41. The molecule has 0 aromatic heterocycles. The predicted molar refractivity (Wildman–Crippen MR) is 97.4 cm³/mol. The molecule has 2 atom stereocenters. The fraction of sp³-hybridized carbons (Fsp3) is 0.944. The van der Waals surface area contributed by atoms with Crippen LogP contribution in [0.4, 0.5) is 0 Å². The molecule has 142 valence electrons. The van der Waals surface area contributed by atoms with Gasteiger partial charge in [0.2, 0.25) is 0 Å². The van der Waals surface area contributed by atoms with Crippen molar-refractivity contribution in [2.75, 3.05) is 26.4 Å². The molecule has 6 heteroatoms. The van der Waals surface area contributed by atoms with E-state index in [2.05, 4.69) is 33.9 Å². The highest BCUT2D eigenvalue weighted by molar-refractivity contribution is 6.74. The van der Waals surface area contributed by atoms with E-state index in [9.17, 15) is 4.79 Å². The summed E-state index contributed by atoms with van der Waals surface area (Å²) in [6, 6.07) is 0. The first-order valence-electron chi connectivity index (χ1n) is 9.12. The molecular weight excluding hydrogens is 324 g/mol. The SMILES string of the molecule is CC(=O)OCC(CCO[Si](C)(C)C(C)(C)C)COC1CCCCO1. The van der Waals surface area contributed by atoms with Gasteiger partial charge in [0.15, 0.2) is 14.6 Å². The van der Waals surface area contributed by atoms with Crippen LogP contribution in [0, 0.1) is 5.92 Å². The fourth-order valence-electron chi connectivity index (χ4n) is 2.23. The molecule has 1 saturated heterocycles. The summed E-state index contributed by atoms with van der Waals surface area (Å²) in [5.74, 6) is -0.108. The van der Waals surface area contributed by atoms with Gasteiger partial charge in [-0.2, -0.15) is 0 Å². The molecule has 0 bridgehead atoms. The van der Waals surface area contributed by atoms with Crippen molar-refractivity contribution in [2.45, 2.75) is 77.8 Å². The van der Waals surface area contributed by atoms with E-state index in [-0.39, 0.29) is 23.2 Å². The molecule has 0 aliphatic carbocycles. The molecule has 0 N–H and O–H groups in total. The molecule has 0 amide bonds. The van der Waals surface area contributed by atoms with E-state index in [1.165, 1.54) is 6.92 Å². The average Bonchev–Trinajstić information content (AvgIpc) is 2.49. The molecule has 2 unspecified atom stereocenters. The van der Waals surface area contributed by atoms with Gasteiger partial charge in [0.05, 0.1) is 13.2 Å². The predicted octanol–water partition coefficient (Wildman–Crippen LogP) is 4.12. The largest absolute Gasteiger partial charge is 0.465 e. The normalized spacial score (nSPS) is 20.7. The maximum absolute atomic E-state index is 11.1. The van der Waals surface area contributed by atoms with Crippen molar-refractivity contribution in [3.63, 3.8) is 0 Å². The van der Waals surface area contributed by atoms with Gasteiger partial charge in [-0.3, -0.25) is 4.79 Å². The Kier molecular flexibility index (Phi) is 8.91. The van der Waals surface area contributed by atoms with E-state index in [0.29, 0.717) is 19.8 Å². The lowest BCUT2D eigenvalue weighted by atomic mass is 10.1. The minimum absolute atomic E-state index is 0.111. The quantitative estimate of drug-likeness (QED) is 0.457. The van der Waals surface area contributed by atoms with Crippen molar-refractivity contribution in [1.82, 2.24) is 0 Å². The molecule has 1 heterocycles. The zero-order valence-corrected chi connectivity index (χ0v) is 17.4. The molecule has 0 aromatic rings. The van der Waals surface area contributed by atoms with Gasteiger partial charge in [-0.05, 0) is 43.8 Å². The van der Waals surface area contributed by atoms with Crippen molar-refractivity contribution in [3.05, 3.63) is 0 Å². The molecule has 0 aromatic carbocycles. The van der Waals surface area contributed by atoms with Gasteiger partial charge in [0.25, 0.3) is 0 Å². The van der Waals surface area contributed by atoms with Crippen LogP contribution in [0.5, 0.6) is 0 Å². The molecule has 1 aliphatic rings. The van der Waals surface area contributed by atoms with Gasteiger partial charge in [-0.15, -0.1) is 0 Å². The van der Waals surface area contributed by atoms with Crippen molar-refractivity contribution in [3.8, 4) is 0 Å². The summed E-state index contributed by atoms with van der Waals surface area (Å²) in [6.45, 7) is 15.0. The van der Waals surface area contributed by atoms with Crippen molar-refractivity contribution in [2.24, 2.45) is 5.92 Å². The Morgan fingerprint density at radius 2 is 1.96 bits per heavy atom. The Bertz CT molecular complexity index is 372. The van der Waals surface area contributed by atoms with Gasteiger partial charge < -0.3 is 18.6 Å². The maximum Gasteiger partial charge on any atom is 0.302 e. The summed E-state index contributed by atoms with van der Waals surface area (Å²) in [7, 11) is -1.74. The Labute approximate surface area is 148 Å². The number of ether oxygens (including phenoxy) is 3. The second-order valence-corrected chi connectivity index (χ2v) is 13.0. The van der Waals surface area contributed by atoms with E-state index in [1.807, 2.05) is 0 Å². The van der Waals surface area contributed by atoms with Crippen molar-refractivity contribution >= 4 is 14.3 Å². The second-order valence-electron chi connectivity index (χ2n) is 8.20. The number of hydrogen-bond acceptors (Lipinski definition) is 5. The van der Waals surface area contributed by atoms with Crippen LogP contribution in [-0.2, 0) is 23.4 Å². The minimum Gasteiger partial charge on any atom is -0.465 e. The minimum atomic E-state index is -1.74. The van der Waals surface area contributed by atoms with Crippen LogP contribution in [0.15, 0.2) is 0 Å². The van der Waals surface area contributed by atoms with Gasteiger partial charge in [-0.25, -0.2) is 0 Å². The van der Waals surface area contributed by atoms with Crippen LogP contribution in [-0.4, -0.2) is 47.0 Å². The number of carbonyl (C=O) groups excluding carboxylic acids is 1. The highest BCUT2D eigenvalue weighted by Crippen LogP contribution is 2.36. The van der Waals surface area contributed by atoms with E-state index < -0.39 is 8.32 Å². The summed E-state index contributed by atoms with van der Waals surface area (Å²) < 4.78 is 22.9. The molecule has 0 radical (unpaired) electrons. The third-order valence-corrected chi connectivity index (χ3v) is 9.51. The van der Waals surface area contributed by atoms with Crippen molar-refractivity contribution in [1.29, 1.82) is 0 Å². The lowest BCUT2D eigenvalue weighted by Crippen LogP contribution is -2.41. The summed E-state index contributed by atoms with van der Waals surface area (Å²) in [6.07, 6.45) is 3.91. The van der Waals surface area contributed by atoms with Crippen LogP contribution in [0.25, 0.3) is 0 Å². The number of hydrogen-bond donors (Lipinski definition) is 0. The van der Waals surface area contributed by atoms with Gasteiger partial charge >= 0.3 is 5.97 Å². The first-order chi connectivity index (χ1) is 11.1. The molecule has 0 spiro atoms. The van der Waals surface area contributed by atoms with E-state index in [1.54, 1.807) is 0 Å². The highest BCUT2D eigenvalue weighted by atomic mass is 28.4. The topological polar surface area (TPSA) is 54.0 Å². The van der Waals surface area contributed by atoms with E-state index in [4.69, 9.17) is 18.6 Å². The van der Waals surface area contributed by atoms with Crippen LogP contribution in [0.3, 0.4) is 0 Å². The molecule has 5 nitrogen and oxygen atoms in total. The lowest BCUT2D eigenvalue weighted by Gasteiger charge is -2.36. The monoisotopic (exact) mass is 360 g/mol. The summed E-state index contributed by atoms with van der Waals surface area (Å²) >= 11 is 0. The maximum atomic E-state index is 11.1. The van der Waals surface area contributed by atoms with Gasteiger partial charge in [0.1, 0.15) is 0 Å². The molecule has 1 aliphatic heterocycles. The van der Waals surface area contributed by atoms with Crippen LogP contribution >= 0.6 is 0 Å². The van der Waals surface area contributed by atoms with Crippen LogP contribution < -0.4 is 0 Å². The first-order valence-corrected chi connectivity index (χ1v) is 12.0. The Morgan fingerprint density at radius 3 is 2.50 bits per heavy atom. The fourth-order valence-corrected chi connectivity index (χ4v) is 3.29. The average molecular weight is 361 g/mol. The molecule has 1 rings (SSSR count). The standard InChI is InChI=1S/C18H36O5Si/c1-15(19)21-13-16(14-22-17-9-7-8-11-20-17)10-12-23-24(5,6)18(2,3)4/h16-17H,7-14H2,1-6H3. The molecule has 24 heavy (non-hydrogen) atoms. The van der Waals surface area contributed by atoms with Crippen molar-refractivity contribution < 1.29 is 23.4 Å². The molecule has 1 fully saturated rings. The van der Waals surface area contributed by atoms with Gasteiger partial charge in [-0.1, -0.05) is 20.8 Å². The molecular formula is C18H36O5Si. The highest BCUT2D eigenvalue weighted by Gasteiger charge is 2.37. The number of carbonyl (C=O) groups is 1. The van der Waals surface area contributed by atoms with E-state index in [0.717, 1.165) is 32.3 Å². The smallest absolute Gasteiger partial charge is 0.302 e. The number of esters is 1. The second kappa shape index (κ2) is 9.90. The van der Waals surface area contributed by atoms with E-state index >= 15 is 0 Å². The first kappa shape index (κ1) is 21.6. The lowest BCUT2D eigenvalue weighted by molar-refractivity contribution is -0.173. The zero-order chi connectivity index (χ0) is 18.2. The zero-order valence-electron chi connectivity index (χ0n) is 16.4.